The van der Waals surface area contributed by atoms with Gasteiger partial charge in [0, 0.05) is 6.07 Å². The van der Waals surface area contributed by atoms with Gasteiger partial charge in [0.2, 0.25) is 0 Å². The number of hydrogen-bond donors (Lipinski definition) is 0. The van der Waals surface area contributed by atoms with E-state index in [0.29, 0.717) is 4.90 Å². The largest absolute Gasteiger partial charge is 0.441 e. The zero-order valence-electron chi connectivity index (χ0n) is 16.9. The van der Waals surface area contributed by atoms with E-state index in [9.17, 15) is 31.1 Å². The highest BCUT2D eigenvalue weighted by Crippen LogP contribution is 2.47. The fourth-order valence-electron chi connectivity index (χ4n) is 3.03. The van der Waals surface area contributed by atoms with Gasteiger partial charge in [-0.15, -0.1) is 0 Å². The van der Waals surface area contributed by atoms with Crippen molar-refractivity contribution in [3.63, 3.8) is 0 Å². The Labute approximate surface area is 188 Å². The first-order valence-electron chi connectivity index (χ1n) is 9.45. The molecule has 0 amide bonds. The molecule has 0 aliphatic rings. The highest BCUT2D eigenvalue weighted by atomic mass is 32.2. The molecule has 0 heterocycles. The lowest BCUT2D eigenvalue weighted by Crippen LogP contribution is -2.58. The second-order valence-electron chi connectivity index (χ2n) is 6.78. The first-order chi connectivity index (χ1) is 15.5. The van der Waals surface area contributed by atoms with Crippen LogP contribution in [0.1, 0.15) is 10.4 Å². The maximum atomic E-state index is 13.3. The predicted molar refractivity (Wildman–Crippen MR) is 112 cm³/mol. The van der Waals surface area contributed by atoms with Crippen molar-refractivity contribution in [1.82, 2.24) is 0 Å². The number of hydrogen-bond acceptors (Lipinski definition) is 2. The van der Waals surface area contributed by atoms with Crippen LogP contribution in [-0.2, 0) is 15.6 Å². The van der Waals surface area contributed by atoms with Gasteiger partial charge in [-0.3, -0.25) is 0 Å². The molecule has 0 unspecified atom stereocenters. The number of carbonyl (C=O) groups excluding carboxylic acids is 1. The van der Waals surface area contributed by atoms with E-state index in [1.807, 2.05) is 60.7 Å². The number of ether oxygens (including phenoxy) is 1. The molecule has 33 heavy (non-hydrogen) atoms. The fraction of sp³-hybridized carbons (Fsp3) is 0.125. The molecule has 172 valence electrons. The van der Waals surface area contributed by atoms with E-state index >= 15 is 0 Å². The summed E-state index contributed by atoms with van der Waals surface area (Å²) in [5, 5.41) is 0. The number of halogens is 6. The van der Waals surface area contributed by atoms with Crippen molar-refractivity contribution >= 4 is 16.9 Å². The van der Waals surface area contributed by atoms with Gasteiger partial charge in [-0.2, -0.15) is 26.3 Å². The molecule has 3 rings (SSSR count). The van der Waals surface area contributed by atoms with Crippen molar-refractivity contribution in [1.29, 1.82) is 0 Å². The third-order valence-electron chi connectivity index (χ3n) is 4.65. The van der Waals surface area contributed by atoms with Crippen molar-refractivity contribution in [2.75, 3.05) is 0 Å². The first-order valence-corrected chi connectivity index (χ1v) is 10.7. The second kappa shape index (κ2) is 9.35. The minimum absolute atomic E-state index is 0.448. The van der Waals surface area contributed by atoms with Crippen LogP contribution in [0.4, 0.5) is 26.3 Å². The van der Waals surface area contributed by atoms with Gasteiger partial charge in [0.25, 0.3) is 0 Å². The smallest absolute Gasteiger partial charge is 0.431 e. The summed E-state index contributed by atoms with van der Waals surface area (Å²) >= 11 is 0. The van der Waals surface area contributed by atoms with Gasteiger partial charge in [0.1, 0.15) is 0 Å². The van der Waals surface area contributed by atoms with E-state index < -0.39 is 46.5 Å². The normalized spacial score (nSPS) is 12.5. The maximum absolute atomic E-state index is 13.3. The number of benzene rings is 3. The molecule has 3 aromatic rings. The van der Waals surface area contributed by atoms with Crippen molar-refractivity contribution in [3.8, 4) is 0 Å². The molecule has 9 heteroatoms. The van der Waals surface area contributed by atoms with Gasteiger partial charge in [-0.05, 0) is 42.5 Å². The molecule has 0 spiro atoms. The van der Waals surface area contributed by atoms with Crippen molar-refractivity contribution in [3.05, 3.63) is 103 Å². The van der Waals surface area contributed by atoms with Crippen molar-refractivity contribution in [2.45, 2.75) is 32.6 Å². The van der Waals surface area contributed by atoms with Crippen LogP contribution in [0.5, 0.6) is 0 Å². The van der Waals surface area contributed by atoms with Crippen LogP contribution in [0.2, 0.25) is 0 Å². The lowest BCUT2D eigenvalue weighted by atomic mass is 10.0. The minimum atomic E-state index is -5.95. The van der Waals surface area contributed by atoms with E-state index in [4.69, 9.17) is 0 Å². The topological polar surface area (TPSA) is 26.3 Å². The third-order valence-corrected chi connectivity index (χ3v) is 6.86. The SMILES string of the molecule is C=CC(OC(=O)c1cccc([S+](c2ccccc2)c2ccccc2)c1)(C(F)(F)F)C(F)(F)F. The average molecular weight is 483 g/mol. The Bertz CT molecular complexity index is 1060. The minimum Gasteiger partial charge on any atom is -0.431 e. The Morgan fingerprint density at radius 1 is 0.727 bits per heavy atom. The monoisotopic (exact) mass is 483 g/mol. The van der Waals surface area contributed by atoms with E-state index in [-0.39, 0.29) is 0 Å². The van der Waals surface area contributed by atoms with Gasteiger partial charge in [-0.25, -0.2) is 4.79 Å². The van der Waals surface area contributed by atoms with E-state index in [2.05, 4.69) is 11.3 Å². The standard InChI is InChI=1S/C24H17F6O2S/c1-2-22(23(25,26)27,24(28,29)30)32-21(31)17-10-9-15-20(16-17)33(18-11-5-3-6-12-18)19-13-7-4-8-14-19/h2-16H,1H2/q+1. The van der Waals surface area contributed by atoms with Crippen LogP contribution in [-0.4, -0.2) is 23.9 Å². The number of alkyl halides is 6. The molecule has 0 fully saturated rings. The van der Waals surface area contributed by atoms with Crippen LogP contribution in [0.25, 0.3) is 0 Å². The van der Waals surface area contributed by atoms with Gasteiger partial charge < -0.3 is 4.74 Å². The Morgan fingerprint density at radius 3 is 1.61 bits per heavy atom. The molecule has 0 atom stereocenters. The molecule has 0 N–H and O–H groups in total. The van der Waals surface area contributed by atoms with Gasteiger partial charge in [0.15, 0.2) is 14.7 Å². The number of rotatable bonds is 6. The Balaban J connectivity index is 2.05. The Hall–Kier alpha value is -3.20. The summed E-state index contributed by atoms with van der Waals surface area (Å²) in [5.74, 6) is -1.77. The second-order valence-corrected chi connectivity index (χ2v) is 8.81. The predicted octanol–water partition coefficient (Wildman–Crippen LogP) is 6.99. The zero-order chi connectivity index (χ0) is 24.3. The quantitative estimate of drug-likeness (QED) is 0.164. The van der Waals surface area contributed by atoms with Crippen molar-refractivity contribution < 1.29 is 35.9 Å². The molecule has 2 nitrogen and oxygen atoms in total. The van der Waals surface area contributed by atoms with Gasteiger partial charge in [-0.1, -0.05) is 49.0 Å². The van der Waals surface area contributed by atoms with Crippen LogP contribution in [0, 0.1) is 0 Å². The number of esters is 1. The molecule has 0 bridgehead atoms. The highest BCUT2D eigenvalue weighted by Gasteiger charge is 2.72. The van der Waals surface area contributed by atoms with Crippen LogP contribution < -0.4 is 0 Å². The Kier molecular flexibility index (Phi) is 6.92. The summed E-state index contributed by atoms with van der Waals surface area (Å²) in [6.07, 6.45) is -12.3. The number of carbonyl (C=O) groups is 1. The summed E-state index contributed by atoms with van der Waals surface area (Å²) < 4.78 is 84.0. The maximum Gasteiger partial charge on any atom is 0.441 e. The van der Waals surface area contributed by atoms with Crippen LogP contribution in [0.3, 0.4) is 0 Å². The highest BCUT2D eigenvalue weighted by molar-refractivity contribution is 7.97. The average Bonchev–Trinajstić information content (AvgIpc) is 2.77. The zero-order valence-corrected chi connectivity index (χ0v) is 17.7. The summed E-state index contributed by atoms with van der Waals surface area (Å²) in [7, 11) is -0.773. The molecule has 0 aliphatic heterocycles. The fourth-order valence-corrected chi connectivity index (χ4v) is 5.16. The molecule has 0 aliphatic carbocycles. The molecule has 0 aromatic heterocycles. The molecular weight excluding hydrogens is 466 g/mol. The molecule has 0 radical (unpaired) electrons. The van der Waals surface area contributed by atoms with Gasteiger partial charge >= 0.3 is 23.9 Å². The van der Waals surface area contributed by atoms with E-state index in [1.165, 1.54) is 12.1 Å². The summed E-state index contributed by atoms with van der Waals surface area (Å²) in [4.78, 5) is 14.7. The molecular formula is C24H17F6O2S+. The lowest BCUT2D eigenvalue weighted by Gasteiger charge is -2.33. The molecule has 0 saturated heterocycles. The first kappa shape index (κ1) is 24.4. The van der Waals surface area contributed by atoms with E-state index in [0.717, 1.165) is 15.9 Å². The van der Waals surface area contributed by atoms with Gasteiger partial charge in [0.05, 0.1) is 16.5 Å². The van der Waals surface area contributed by atoms with Crippen LogP contribution in [0.15, 0.2) is 112 Å². The third kappa shape index (κ3) is 4.93. The lowest BCUT2D eigenvalue weighted by molar-refractivity contribution is -0.345. The summed E-state index contributed by atoms with van der Waals surface area (Å²) in [5.41, 5.74) is -5.27. The van der Waals surface area contributed by atoms with Crippen molar-refractivity contribution in [2.24, 2.45) is 0 Å². The summed E-state index contributed by atoms with van der Waals surface area (Å²) in [6.45, 7) is 2.62. The molecule has 0 saturated carbocycles. The summed E-state index contributed by atoms with van der Waals surface area (Å²) in [6, 6.07) is 23.6. The Morgan fingerprint density at radius 2 is 1.18 bits per heavy atom. The molecule has 3 aromatic carbocycles. The van der Waals surface area contributed by atoms with Crippen LogP contribution >= 0.6 is 0 Å². The van der Waals surface area contributed by atoms with E-state index in [1.54, 1.807) is 6.07 Å².